The van der Waals surface area contributed by atoms with Gasteiger partial charge in [-0.2, -0.15) is 0 Å². The van der Waals surface area contributed by atoms with E-state index in [-0.39, 0.29) is 23.7 Å². The first-order valence-electron chi connectivity index (χ1n) is 12.8. The third-order valence-corrected chi connectivity index (χ3v) is 8.29. The van der Waals surface area contributed by atoms with Crippen molar-refractivity contribution in [3.63, 3.8) is 0 Å². The maximum Gasteiger partial charge on any atom is 0.332 e. The molecule has 1 amide bonds. The second-order valence-electron chi connectivity index (χ2n) is 10.4. The molecular formula is C30H32F2N2O3. The van der Waals surface area contributed by atoms with Gasteiger partial charge in [0.15, 0.2) is 0 Å². The van der Waals surface area contributed by atoms with Gasteiger partial charge < -0.3 is 14.2 Å². The fourth-order valence-corrected chi connectivity index (χ4v) is 6.68. The Balaban J connectivity index is 1.62. The highest BCUT2D eigenvalue weighted by atomic mass is 19.1. The molecule has 1 saturated heterocycles. The van der Waals surface area contributed by atoms with Crippen LogP contribution in [0.4, 0.5) is 8.78 Å². The number of amides is 1. The Hall–Kier alpha value is -3.48. The molecule has 5 rings (SSSR count). The zero-order valence-electron chi connectivity index (χ0n) is 21.6. The number of carbonyl (C=O) groups is 2. The molecule has 0 bridgehead atoms. The van der Waals surface area contributed by atoms with Crippen molar-refractivity contribution in [2.45, 2.75) is 57.5 Å². The lowest BCUT2D eigenvalue weighted by atomic mass is 9.78. The highest BCUT2D eigenvalue weighted by Gasteiger charge is 2.63. The molecule has 0 saturated carbocycles. The zero-order valence-corrected chi connectivity index (χ0v) is 21.6. The summed E-state index contributed by atoms with van der Waals surface area (Å²) >= 11 is 0. The minimum atomic E-state index is -1.19. The number of hydrogen-bond acceptors (Lipinski definition) is 3. The molecule has 7 heteroatoms. The standard InChI is InChI=1S/C30H32F2N2O3/c1-5-9-23-15-24-26-25(18(2)27(24)33(23)16-19-12-21(31)14-22(32)13-19)17-34(30(26,3)29(36)37-4)28(35)20-10-7-6-8-11-20/h6-8,10-15,18,25-26H,5,9,16-17H2,1-4H3. The molecule has 194 valence electrons. The predicted octanol–water partition coefficient (Wildman–Crippen LogP) is 5.67. The van der Waals surface area contributed by atoms with Crippen molar-refractivity contribution in [2.75, 3.05) is 13.7 Å². The number of aryl methyl sites for hydroxylation is 1. The monoisotopic (exact) mass is 506 g/mol. The van der Waals surface area contributed by atoms with Gasteiger partial charge in [-0.05, 0) is 60.7 Å². The molecule has 0 radical (unpaired) electrons. The summed E-state index contributed by atoms with van der Waals surface area (Å²) in [6.45, 7) is 6.77. The van der Waals surface area contributed by atoms with E-state index in [1.165, 1.54) is 19.2 Å². The first-order chi connectivity index (χ1) is 17.7. The van der Waals surface area contributed by atoms with E-state index in [1.807, 2.05) is 25.1 Å². The highest BCUT2D eigenvalue weighted by molar-refractivity contribution is 5.99. The van der Waals surface area contributed by atoms with Gasteiger partial charge in [-0.3, -0.25) is 4.79 Å². The molecule has 5 nitrogen and oxygen atoms in total. The predicted molar refractivity (Wildman–Crippen MR) is 136 cm³/mol. The Morgan fingerprint density at radius 2 is 1.76 bits per heavy atom. The molecule has 3 aromatic rings. The maximum atomic E-state index is 14.0. The Bertz CT molecular complexity index is 1330. The quantitative estimate of drug-likeness (QED) is 0.405. The maximum absolute atomic E-state index is 14.0. The number of hydrogen-bond donors (Lipinski definition) is 0. The van der Waals surface area contributed by atoms with Crippen molar-refractivity contribution in [1.29, 1.82) is 0 Å². The number of halogens is 2. The third-order valence-electron chi connectivity index (χ3n) is 8.29. The number of carbonyl (C=O) groups excluding carboxylic acids is 2. The summed E-state index contributed by atoms with van der Waals surface area (Å²) in [5.74, 6) is -2.06. The van der Waals surface area contributed by atoms with Crippen LogP contribution in [0.25, 0.3) is 0 Å². The van der Waals surface area contributed by atoms with Crippen LogP contribution in [-0.2, 0) is 22.5 Å². The normalized spacial score (nSPS) is 24.2. The van der Waals surface area contributed by atoms with Crippen LogP contribution in [-0.4, -0.2) is 40.5 Å². The van der Waals surface area contributed by atoms with E-state index in [4.69, 9.17) is 4.74 Å². The molecule has 37 heavy (non-hydrogen) atoms. The zero-order chi connectivity index (χ0) is 26.5. The van der Waals surface area contributed by atoms with Gasteiger partial charge in [0.2, 0.25) is 0 Å². The molecule has 2 aliphatic rings. The van der Waals surface area contributed by atoms with Gasteiger partial charge in [0.05, 0.1) is 7.11 Å². The van der Waals surface area contributed by atoms with Gasteiger partial charge in [0.1, 0.15) is 17.2 Å². The minimum absolute atomic E-state index is 0.00735. The molecule has 2 aromatic carbocycles. The van der Waals surface area contributed by atoms with Crippen molar-refractivity contribution in [3.8, 4) is 0 Å². The Labute approximate surface area is 216 Å². The van der Waals surface area contributed by atoms with Gasteiger partial charge >= 0.3 is 5.97 Å². The SMILES string of the molecule is CCCc1cc2c(n1Cc1cc(F)cc(F)c1)C(C)C1CN(C(=O)c3ccccc3)C(C)(C(=O)OC)C21. The van der Waals surface area contributed by atoms with E-state index >= 15 is 0 Å². The molecule has 4 atom stereocenters. The van der Waals surface area contributed by atoms with Crippen LogP contribution in [0.3, 0.4) is 0 Å². The van der Waals surface area contributed by atoms with Crippen molar-refractivity contribution >= 4 is 11.9 Å². The third kappa shape index (κ3) is 3.95. The molecule has 0 N–H and O–H groups in total. The number of nitrogens with zero attached hydrogens (tertiary/aromatic N) is 2. The van der Waals surface area contributed by atoms with E-state index in [0.717, 1.165) is 35.9 Å². The van der Waals surface area contributed by atoms with Crippen LogP contribution >= 0.6 is 0 Å². The van der Waals surface area contributed by atoms with E-state index < -0.39 is 23.1 Å². The fourth-order valence-electron chi connectivity index (χ4n) is 6.68. The van der Waals surface area contributed by atoms with Gasteiger partial charge in [0, 0.05) is 47.9 Å². The number of benzene rings is 2. The van der Waals surface area contributed by atoms with Crippen LogP contribution in [0.1, 0.15) is 71.9 Å². The molecule has 0 spiro atoms. The van der Waals surface area contributed by atoms with Crippen LogP contribution in [0, 0.1) is 17.6 Å². The molecule has 2 heterocycles. The second kappa shape index (κ2) is 9.43. The summed E-state index contributed by atoms with van der Waals surface area (Å²) in [4.78, 5) is 28.8. The summed E-state index contributed by atoms with van der Waals surface area (Å²) in [6, 6.07) is 14.7. The minimum Gasteiger partial charge on any atom is -0.467 e. The molecular weight excluding hydrogens is 474 g/mol. The lowest BCUT2D eigenvalue weighted by Gasteiger charge is -2.36. The van der Waals surface area contributed by atoms with Crippen molar-refractivity contribution < 1.29 is 23.1 Å². The number of methoxy groups -OCH3 is 1. The summed E-state index contributed by atoms with van der Waals surface area (Å²) < 4.78 is 35.4. The average molecular weight is 507 g/mol. The second-order valence-corrected chi connectivity index (χ2v) is 10.4. The molecule has 1 fully saturated rings. The average Bonchev–Trinajstić information content (AvgIpc) is 3.47. The topological polar surface area (TPSA) is 51.5 Å². The van der Waals surface area contributed by atoms with E-state index in [0.29, 0.717) is 24.2 Å². The van der Waals surface area contributed by atoms with E-state index in [9.17, 15) is 18.4 Å². The Kier molecular flexibility index (Phi) is 6.42. The van der Waals surface area contributed by atoms with Crippen molar-refractivity contribution in [3.05, 3.63) is 94.3 Å². The summed E-state index contributed by atoms with van der Waals surface area (Å²) in [5.41, 5.74) is 3.05. The smallest absolute Gasteiger partial charge is 0.332 e. The van der Waals surface area contributed by atoms with Crippen LogP contribution in [0.2, 0.25) is 0 Å². The molecule has 4 unspecified atom stereocenters. The fraction of sp³-hybridized carbons (Fsp3) is 0.400. The Morgan fingerprint density at radius 3 is 2.38 bits per heavy atom. The summed E-state index contributed by atoms with van der Waals surface area (Å²) in [5, 5.41) is 0. The number of esters is 1. The summed E-state index contributed by atoms with van der Waals surface area (Å²) in [7, 11) is 1.36. The van der Waals surface area contributed by atoms with Crippen LogP contribution in [0.5, 0.6) is 0 Å². The number of fused-ring (bicyclic) bond motifs is 3. The van der Waals surface area contributed by atoms with Crippen molar-refractivity contribution in [2.24, 2.45) is 5.92 Å². The van der Waals surface area contributed by atoms with Crippen LogP contribution < -0.4 is 0 Å². The lowest BCUT2D eigenvalue weighted by molar-refractivity contribution is -0.151. The number of ether oxygens (including phenoxy) is 1. The molecule has 1 aliphatic carbocycles. The van der Waals surface area contributed by atoms with Gasteiger partial charge in [-0.25, -0.2) is 13.6 Å². The number of aromatic nitrogens is 1. The largest absolute Gasteiger partial charge is 0.467 e. The summed E-state index contributed by atoms with van der Waals surface area (Å²) in [6.07, 6.45) is 1.69. The Morgan fingerprint density at radius 1 is 1.08 bits per heavy atom. The number of likely N-dealkylation sites (tertiary alicyclic amines) is 1. The van der Waals surface area contributed by atoms with Gasteiger partial charge in [-0.15, -0.1) is 0 Å². The first-order valence-corrected chi connectivity index (χ1v) is 12.8. The van der Waals surface area contributed by atoms with E-state index in [2.05, 4.69) is 24.5 Å². The first kappa shape index (κ1) is 25.2. The van der Waals surface area contributed by atoms with Crippen LogP contribution in [0.15, 0.2) is 54.6 Å². The van der Waals surface area contributed by atoms with Gasteiger partial charge in [-0.1, -0.05) is 38.5 Å². The number of rotatable bonds is 6. The molecule has 1 aliphatic heterocycles. The van der Waals surface area contributed by atoms with Crippen molar-refractivity contribution in [1.82, 2.24) is 9.47 Å². The lowest BCUT2D eigenvalue weighted by Crippen LogP contribution is -2.54. The van der Waals surface area contributed by atoms with Gasteiger partial charge in [0.25, 0.3) is 5.91 Å². The van der Waals surface area contributed by atoms with E-state index in [1.54, 1.807) is 17.0 Å². The molecule has 1 aromatic heterocycles. The highest BCUT2D eigenvalue weighted by Crippen LogP contribution is 2.59.